The van der Waals surface area contributed by atoms with E-state index in [0.717, 1.165) is 23.6 Å². The minimum atomic E-state index is -3.60. The van der Waals surface area contributed by atoms with Gasteiger partial charge < -0.3 is 4.74 Å². The van der Waals surface area contributed by atoms with Gasteiger partial charge in [-0.3, -0.25) is 13.7 Å². The lowest BCUT2D eigenvalue weighted by molar-refractivity contribution is 0.155. The Morgan fingerprint density at radius 2 is 1.42 bits per heavy atom. The highest BCUT2D eigenvalue weighted by atomic mass is 32.2. The zero-order valence-corrected chi connectivity index (χ0v) is 18.9. The molecule has 0 unspecified atom stereocenters. The molecule has 1 N–H and O–H groups in total. The Hall–Kier alpha value is -2.47. The van der Waals surface area contributed by atoms with E-state index in [0.29, 0.717) is 11.3 Å². The fraction of sp³-hybridized carbons (Fsp3) is 0.350. The van der Waals surface area contributed by atoms with Gasteiger partial charge in [-0.05, 0) is 41.7 Å². The Balaban J connectivity index is 2.04. The molecule has 0 aliphatic carbocycles. The molecule has 0 aliphatic heterocycles. The molecule has 0 saturated heterocycles. The number of carbonyl (C=O) groups is 1. The van der Waals surface area contributed by atoms with Crippen molar-refractivity contribution in [3.8, 4) is 0 Å². The van der Waals surface area contributed by atoms with E-state index in [2.05, 4.69) is 5.32 Å². The molecule has 9 nitrogen and oxygen atoms in total. The van der Waals surface area contributed by atoms with Gasteiger partial charge in [0.05, 0.1) is 25.7 Å². The number of nitrogens with one attached hydrogen (secondary N) is 1. The van der Waals surface area contributed by atoms with E-state index < -0.39 is 26.3 Å². The van der Waals surface area contributed by atoms with Crippen molar-refractivity contribution in [1.29, 1.82) is 0 Å². The molecule has 2 rings (SSSR count). The molecule has 0 aliphatic rings. The minimum Gasteiger partial charge on any atom is -0.444 e. The highest BCUT2D eigenvalue weighted by Gasteiger charge is 2.11. The molecule has 2 aromatic carbocycles. The maximum absolute atomic E-state index is 12.1. The predicted octanol–water partition coefficient (Wildman–Crippen LogP) is 2.47. The number of hydrogen-bond donors (Lipinski definition) is 1. The molecular weight excluding hydrogens is 446 g/mol. The zero-order valence-electron chi connectivity index (χ0n) is 17.2. The number of rotatable bonds is 11. The fourth-order valence-corrected chi connectivity index (χ4v) is 3.44. The van der Waals surface area contributed by atoms with E-state index in [1.807, 2.05) is 30.3 Å². The Bertz CT molecular complexity index is 1080. The maximum Gasteiger partial charge on any atom is 0.411 e. The van der Waals surface area contributed by atoms with Crippen molar-refractivity contribution in [2.45, 2.75) is 19.4 Å². The van der Waals surface area contributed by atoms with Crippen molar-refractivity contribution in [3.63, 3.8) is 0 Å². The quantitative estimate of drug-likeness (QED) is 0.496. The molecule has 170 valence electrons. The first-order valence-corrected chi connectivity index (χ1v) is 12.9. The van der Waals surface area contributed by atoms with Crippen LogP contribution < -0.4 is 5.32 Å². The summed E-state index contributed by atoms with van der Waals surface area (Å²) in [6.45, 7) is -0.0476. The highest BCUT2D eigenvalue weighted by Crippen LogP contribution is 2.19. The number of carbonyl (C=O) groups excluding carboxylic acids is 1. The van der Waals surface area contributed by atoms with Crippen LogP contribution in [-0.2, 0) is 52.8 Å². The van der Waals surface area contributed by atoms with Gasteiger partial charge in [-0.25, -0.2) is 4.79 Å². The summed E-state index contributed by atoms with van der Waals surface area (Å²) in [5, 5.41) is 2.62. The topological polar surface area (TPSA) is 125 Å². The van der Waals surface area contributed by atoms with Crippen molar-refractivity contribution in [2.24, 2.45) is 0 Å². The average Bonchev–Trinajstić information content (AvgIpc) is 2.67. The van der Waals surface area contributed by atoms with E-state index in [-0.39, 0.29) is 32.7 Å². The van der Waals surface area contributed by atoms with Gasteiger partial charge in [0.2, 0.25) is 0 Å². The van der Waals surface area contributed by atoms with E-state index in [1.54, 1.807) is 18.2 Å². The molecule has 0 heterocycles. The second-order valence-corrected chi connectivity index (χ2v) is 10.0. The molecule has 0 radical (unpaired) electrons. The molecule has 0 aromatic heterocycles. The SMILES string of the molecule is CS(=O)(=O)OCCc1ccc(NC(=O)OCc2ccccc2)cc1CCOS(C)(=O)=O. The molecule has 0 spiro atoms. The zero-order chi connectivity index (χ0) is 22.9. The Morgan fingerprint density at radius 1 is 0.839 bits per heavy atom. The van der Waals surface area contributed by atoms with Crippen LogP contribution in [-0.4, -0.2) is 48.7 Å². The first-order chi connectivity index (χ1) is 14.5. The summed E-state index contributed by atoms with van der Waals surface area (Å²) in [5.74, 6) is 0. The monoisotopic (exact) mass is 471 g/mol. The summed E-state index contributed by atoms with van der Waals surface area (Å²) in [6, 6.07) is 14.2. The van der Waals surface area contributed by atoms with Gasteiger partial charge in [0.1, 0.15) is 6.61 Å². The lowest BCUT2D eigenvalue weighted by atomic mass is 10.0. The van der Waals surface area contributed by atoms with Crippen LogP contribution in [0.15, 0.2) is 48.5 Å². The van der Waals surface area contributed by atoms with Gasteiger partial charge in [0, 0.05) is 5.69 Å². The first-order valence-electron chi connectivity index (χ1n) is 9.30. The van der Waals surface area contributed by atoms with Gasteiger partial charge >= 0.3 is 6.09 Å². The van der Waals surface area contributed by atoms with Crippen molar-refractivity contribution in [3.05, 3.63) is 65.2 Å². The van der Waals surface area contributed by atoms with Crippen LogP contribution in [0.2, 0.25) is 0 Å². The molecule has 0 saturated carbocycles. The van der Waals surface area contributed by atoms with Gasteiger partial charge in [0.25, 0.3) is 20.2 Å². The van der Waals surface area contributed by atoms with Crippen LogP contribution in [0, 0.1) is 0 Å². The van der Waals surface area contributed by atoms with Crippen LogP contribution >= 0.6 is 0 Å². The third-order valence-corrected chi connectivity index (χ3v) is 5.19. The highest BCUT2D eigenvalue weighted by molar-refractivity contribution is 7.86. The van der Waals surface area contributed by atoms with Gasteiger partial charge in [0.15, 0.2) is 0 Å². The summed E-state index contributed by atoms with van der Waals surface area (Å²) in [6.07, 6.45) is 1.78. The predicted molar refractivity (Wildman–Crippen MR) is 116 cm³/mol. The molecule has 1 amide bonds. The Kier molecular flexibility index (Phi) is 8.99. The molecule has 31 heavy (non-hydrogen) atoms. The summed E-state index contributed by atoms with van der Waals surface area (Å²) < 4.78 is 59.5. The smallest absolute Gasteiger partial charge is 0.411 e. The van der Waals surface area contributed by atoms with Crippen LogP contribution in [0.5, 0.6) is 0 Å². The van der Waals surface area contributed by atoms with Crippen LogP contribution in [0.3, 0.4) is 0 Å². The number of ether oxygens (including phenoxy) is 1. The molecule has 0 atom stereocenters. The maximum atomic E-state index is 12.1. The van der Waals surface area contributed by atoms with E-state index in [1.165, 1.54) is 0 Å². The molecule has 0 bridgehead atoms. The van der Waals surface area contributed by atoms with Crippen molar-refractivity contribution >= 4 is 32.0 Å². The van der Waals surface area contributed by atoms with E-state index in [4.69, 9.17) is 13.1 Å². The van der Waals surface area contributed by atoms with Crippen molar-refractivity contribution < 1.29 is 34.7 Å². The van der Waals surface area contributed by atoms with E-state index in [9.17, 15) is 21.6 Å². The van der Waals surface area contributed by atoms with Gasteiger partial charge in [-0.2, -0.15) is 16.8 Å². The number of anilines is 1. The van der Waals surface area contributed by atoms with Crippen LogP contribution in [0.4, 0.5) is 10.5 Å². The standard InChI is InChI=1S/C20H25NO8S2/c1-30(23,24)28-12-10-17-8-9-19(14-18(17)11-13-29-31(2,25)26)21-20(22)27-15-16-6-4-3-5-7-16/h3-9,14H,10-13,15H2,1-2H3,(H,21,22). The second kappa shape index (κ2) is 11.2. The van der Waals surface area contributed by atoms with Gasteiger partial charge in [-0.15, -0.1) is 0 Å². The van der Waals surface area contributed by atoms with Gasteiger partial charge in [-0.1, -0.05) is 36.4 Å². The molecule has 11 heteroatoms. The van der Waals surface area contributed by atoms with Crippen LogP contribution in [0.25, 0.3) is 0 Å². The summed E-state index contributed by atoms with van der Waals surface area (Å²) in [7, 11) is -7.17. The lowest BCUT2D eigenvalue weighted by Crippen LogP contribution is -2.15. The summed E-state index contributed by atoms with van der Waals surface area (Å²) in [5.41, 5.74) is 2.71. The van der Waals surface area contributed by atoms with Crippen molar-refractivity contribution in [2.75, 3.05) is 31.0 Å². The van der Waals surface area contributed by atoms with Crippen LogP contribution in [0.1, 0.15) is 16.7 Å². The normalized spacial score (nSPS) is 11.8. The Morgan fingerprint density at radius 3 is 2.00 bits per heavy atom. The largest absolute Gasteiger partial charge is 0.444 e. The first kappa shape index (κ1) is 24.8. The number of amides is 1. The van der Waals surface area contributed by atoms with Crippen molar-refractivity contribution in [1.82, 2.24) is 0 Å². The lowest BCUT2D eigenvalue weighted by Gasteiger charge is -2.13. The minimum absolute atomic E-state index is 0.0648. The fourth-order valence-electron chi connectivity index (χ4n) is 2.66. The number of hydrogen-bond acceptors (Lipinski definition) is 8. The molecule has 0 fully saturated rings. The second-order valence-electron chi connectivity index (χ2n) is 6.72. The average molecular weight is 472 g/mol. The third kappa shape index (κ3) is 10.4. The molecule has 2 aromatic rings. The molecular formula is C20H25NO8S2. The van der Waals surface area contributed by atoms with E-state index >= 15 is 0 Å². The Labute approximate surface area is 182 Å². The number of benzene rings is 2. The summed E-state index contributed by atoms with van der Waals surface area (Å²) in [4.78, 5) is 12.1. The summed E-state index contributed by atoms with van der Waals surface area (Å²) >= 11 is 0. The third-order valence-electron chi connectivity index (χ3n) is 4.00.